The van der Waals surface area contributed by atoms with Gasteiger partial charge in [-0.15, -0.1) is 0 Å². The average molecular weight is 502 g/mol. The number of carbonyl (C=O) groups is 2. The van der Waals surface area contributed by atoms with Gasteiger partial charge in [0.05, 0.1) is 35.4 Å². The predicted molar refractivity (Wildman–Crippen MR) is 121 cm³/mol. The van der Waals surface area contributed by atoms with Crippen LogP contribution in [0.2, 0.25) is 0 Å². The summed E-state index contributed by atoms with van der Waals surface area (Å²) in [6.07, 6.45) is -3.39. The molecular formula is C22H21F3N8O3. The number of halogens is 3. The van der Waals surface area contributed by atoms with Crippen LogP contribution < -0.4 is 15.4 Å². The molecule has 1 unspecified atom stereocenters. The Balaban J connectivity index is 1.59. The standard InChI is InChI=1S/C22H21F3N8O3/c1-10(29-21(35)17-18(36-4)16(20(34)26-2)27-9-28-17)15-8-14(32-33(15)3)19-30-12-6-5-11(22(23,24)25)7-13(12)31-19/h5-10H,1-4H3,(H,26,34)(H,29,35)(H,30,31). The van der Waals surface area contributed by atoms with E-state index in [9.17, 15) is 22.8 Å². The van der Waals surface area contributed by atoms with Crippen LogP contribution in [0.4, 0.5) is 13.2 Å². The van der Waals surface area contributed by atoms with E-state index in [1.807, 2.05) is 0 Å². The number of aromatic amines is 1. The summed E-state index contributed by atoms with van der Waals surface area (Å²) in [6.45, 7) is 1.71. The zero-order valence-electron chi connectivity index (χ0n) is 19.6. The third-order valence-corrected chi connectivity index (χ3v) is 5.42. The zero-order valence-corrected chi connectivity index (χ0v) is 19.6. The second kappa shape index (κ2) is 9.28. The lowest BCUT2D eigenvalue weighted by Gasteiger charge is -2.15. The van der Waals surface area contributed by atoms with Crippen LogP contribution in [0.25, 0.3) is 22.6 Å². The van der Waals surface area contributed by atoms with E-state index in [0.29, 0.717) is 16.9 Å². The van der Waals surface area contributed by atoms with E-state index in [2.05, 4.69) is 35.7 Å². The lowest BCUT2D eigenvalue weighted by molar-refractivity contribution is -0.137. The minimum absolute atomic E-state index is 0.0762. The summed E-state index contributed by atoms with van der Waals surface area (Å²) in [6, 6.07) is 4.31. The number of carbonyl (C=O) groups excluding carboxylic acids is 2. The van der Waals surface area contributed by atoms with E-state index >= 15 is 0 Å². The number of nitrogens with zero attached hydrogens (tertiary/aromatic N) is 5. The van der Waals surface area contributed by atoms with E-state index in [-0.39, 0.29) is 28.5 Å². The van der Waals surface area contributed by atoms with Crippen molar-refractivity contribution in [3.63, 3.8) is 0 Å². The number of fused-ring (bicyclic) bond motifs is 1. The van der Waals surface area contributed by atoms with Gasteiger partial charge in [-0.05, 0) is 31.2 Å². The summed E-state index contributed by atoms with van der Waals surface area (Å²) in [5.41, 5.74) is 0.523. The summed E-state index contributed by atoms with van der Waals surface area (Å²) in [5.74, 6) is -0.955. The Kier molecular flexibility index (Phi) is 6.35. The molecule has 14 heteroatoms. The van der Waals surface area contributed by atoms with Crippen molar-refractivity contribution in [1.29, 1.82) is 0 Å². The number of methoxy groups -OCH3 is 1. The van der Waals surface area contributed by atoms with Crippen molar-refractivity contribution in [3.8, 4) is 17.3 Å². The second-order valence-corrected chi connectivity index (χ2v) is 7.77. The number of aromatic nitrogens is 6. The Morgan fingerprint density at radius 1 is 1.14 bits per heavy atom. The minimum atomic E-state index is -4.47. The maximum Gasteiger partial charge on any atom is 0.416 e. The van der Waals surface area contributed by atoms with Crippen molar-refractivity contribution in [2.75, 3.05) is 14.2 Å². The van der Waals surface area contributed by atoms with Gasteiger partial charge in [-0.1, -0.05) is 0 Å². The highest BCUT2D eigenvalue weighted by Crippen LogP contribution is 2.32. The first-order valence-electron chi connectivity index (χ1n) is 10.6. The van der Waals surface area contributed by atoms with Crippen molar-refractivity contribution >= 4 is 22.8 Å². The van der Waals surface area contributed by atoms with E-state index < -0.39 is 29.6 Å². The molecule has 4 aromatic rings. The molecule has 1 atom stereocenters. The van der Waals surface area contributed by atoms with E-state index in [4.69, 9.17) is 4.74 Å². The minimum Gasteiger partial charge on any atom is -0.492 e. The van der Waals surface area contributed by atoms with Crippen LogP contribution in [0, 0.1) is 0 Å². The number of benzene rings is 1. The third-order valence-electron chi connectivity index (χ3n) is 5.42. The van der Waals surface area contributed by atoms with Gasteiger partial charge in [0, 0.05) is 14.1 Å². The van der Waals surface area contributed by atoms with Gasteiger partial charge >= 0.3 is 6.18 Å². The molecule has 188 valence electrons. The van der Waals surface area contributed by atoms with Crippen LogP contribution in [-0.2, 0) is 13.2 Å². The van der Waals surface area contributed by atoms with Gasteiger partial charge in [0.15, 0.2) is 23.0 Å². The van der Waals surface area contributed by atoms with E-state index in [0.717, 1.165) is 18.5 Å². The van der Waals surface area contributed by atoms with E-state index in [1.165, 1.54) is 24.9 Å². The third kappa shape index (κ3) is 4.56. The Morgan fingerprint density at radius 3 is 2.47 bits per heavy atom. The molecule has 0 saturated heterocycles. The van der Waals surface area contributed by atoms with Gasteiger partial charge in [-0.25, -0.2) is 15.0 Å². The lowest BCUT2D eigenvalue weighted by atomic mass is 10.2. The van der Waals surface area contributed by atoms with Crippen LogP contribution in [0.3, 0.4) is 0 Å². The fourth-order valence-corrected chi connectivity index (χ4v) is 3.66. The number of ether oxygens (including phenoxy) is 1. The molecule has 4 rings (SSSR count). The van der Waals surface area contributed by atoms with Crippen LogP contribution in [-0.4, -0.2) is 55.7 Å². The maximum absolute atomic E-state index is 13.0. The molecular weight excluding hydrogens is 481 g/mol. The number of aryl methyl sites for hydroxylation is 1. The molecule has 36 heavy (non-hydrogen) atoms. The quantitative estimate of drug-likeness (QED) is 0.368. The smallest absolute Gasteiger partial charge is 0.416 e. The number of amides is 2. The predicted octanol–water partition coefficient (Wildman–Crippen LogP) is 2.63. The number of H-pyrrole nitrogens is 1. The fourth-order valence-electron chi connectivity index (χ4n) is 3.66. The summed E-state index contributed by atoms with van der Waals surface area (Å²) < 4.78 is 45.8. The second-order valence-electron chi connectivity index (χ2n) is 7.77. The number of alkyl halides is 3. The molecule has 0 radical (unpaired) electrons. The molecule has 11 nitrogen and oxygen atoms in total. The molecule has 3 heterocycles. The molecule has 0 saturated carbocycles. The number of rotatable bonds is 6. The zero-order chi connectivity index (χ0) is 26.2. The first-order chi connectivity index (χ1) is 17.0. The van der Waals surface area contributed by atoms with Crippen molar-refractivity contribution in [1.82, 2.24) is 40.3 Å². The molecule has 0 spiro atoms. The van der Waals surface area contributed by atoms with Crippen molar-refractivity contribution in [2.24, 2.45) is 7.05 Å². The molecule has 3 N–H and O–H groups in total. The molecule has 2 amide bonds. The molecule has 3 aromatic heterocycles. The summed E-state index contributed by atoms with van der Waals surface area (Å²) in [7, 11) is 4.37. The topological polar surface area (TPSA) is 140 Å². The molecule has 0 fully saturated rings. The summed E-state index contributed by atoms with van der Waals surface area (Å²) >= 11 is 0. The van der Waals surface area contributed by atoms with Gasteiger partial charge in [0.25, 0.3) is 11.8 Å². The molecule has 0 bridgehead atoms. The Labute approximate surface area is 202 Å². The van der Waals surface area contributed by atoms with Gasteiger partial charge in [0.1, 0.15) is 12.0 Å². The summed E-state index contributed by atoms with van der Waals surface area (Å²) in [5, 5.41) is 9.56. The molecule has 0 aliphatic heterocycles. The van der Waals surface area contributed by atoms with Crippen LogP contribution in [0.5, 0.6) is 5.75 Å². The van der Waals surface area contributed by atoms with E-state index in [1.54, 1.807) is 20.0 Å². The van der Waals surface area contributed by atoms with Crippen molar-refractivity contribution in [2.45, 2.75) is 19.1 Å². The first kappa shape index (κ1) is 24.6. The number of imidazole rings is 1. The van der Waals surface area contributed by atoms with Gasteiger partial charge in [0.2, 0.25) is 0 Å². The van der Waals surface area contributed by atoms with Gasteiger partial charge in [-0.2, -0.15) is 18.3 Å². The number of hydrogen-bond acceptors (Lipinski definition) is 7. The van der Waals surface area contributed by atoms with Gasteiger partial charge in [-0.3, -0.25) is 14.3 Å². The van der Waals surface area contributed by atoms with Crippen LogP contribution in [0.15, 0.2) is 30.6 Å². The Hall–Kier alpha value is -4.49. The monoisotopic (exact) mass is 502 g/mol. The first-order valence-corrected chi connectivity index (χ1v) is 10.6. The van der Waals surface area contributed by atoms with Crippen LogP contribution in [0.1, 0.15) is 45.2 Å². The average Bonchev–Trinajstić information content (AvgIpc) is 3.45. The Bertz CT molecular complexity index is 1460. The fraction of sp³-hybridized carbons (Fsp3) is 0.273. The van der Waals surface area contributed by atoms with Crippen molar-refractivity contribution in [3.05, 3.63) is 53.2 Å². The highest BCUT2D eigenvalue weighted by molar-refractivity contribution is 6.01. The number of nitrogens with one attached hydrogen (secondary N) is 3. The molecule has 0 aliphatic rings. The van der Waals surface area contributed by atoms with Crippen LogP contribution >= 0.6 is 0 Å². The molecule has 1 aromatic carbocycles. The maximum atomic E-state index is 13.0. The lowest BCUT2D eigenvalue weighted by Crippen LogP contribution is -2.30. The highest BCUT2D eigenvalue weighted by atomic mass is 19.4. The highest BCUT2D eigenvalue weighted by Gasteiger charge is 2.31. The normalized spacial score (nSPS) is 12.4. The SMILES string of the molecule is CNC(=O)c1ncnc(C(=O)NC(C)c2cc(-c3nc4ccc(C(F)(F)F)cc4[nH]3)nn2C)c1OC. The van der Waals surface area contributed by atoms with Crippen molar-refractivity contribution < 1.29 is 27.5 Å². The molecule has 0 aliphatic carbocycles. The largest absolute Gasteiger partial charge is 0.492 e. The summed E-state index contributed by atoms with van der Waals surface area (Å²) in [4.78, 5) is 40.0. The number of hydrogen-bond donors (Lipinski definition) is 3. The Morgan fingerprint density at radius 2 is 1.83 bits per heavy atom. The van der Waals surface area contributed by atoms with Gasteiger partial charge < -0.3 is 20.4 Å².